The van der Waals surface area contributed by atoms with Crippen molar-refractivity contribution in [3.63, 3.8) is 0 Å². The van der Waals surface area contributed by atoms with Gasteiger partial charge in [-0.15, -0.1) is 12.4 Å². The van der Waals surface area contributed by atoms with Gasteiger partial charge >= 0.3 is 0 Å². The van der Waals surface area contributed by atoms with Crippen LogP contribution in [0.5, 0.6) is 0 Å². The smallest absolute Gasteiger partial charge is 0.0205 e. The van der Waals surface area contributed by atoms with Gasteiger partial charge < -0.3 is 10.6 Å². The molecule has 0 radical (unpaired) electrons. The molecule has 2 saturated heterocycles. The van der Waals surface area contributed by atoms with Crippen molar-refractivity contribution in [2.45, 2.75) is 37.6 Å². The van der Waals surface area contributed by atoms with E-state index in [1.54, 1.807) is 0 Å². The minimum Gasteiger partial charge on any atom is -0.317 e. The third-order valence-corrected chi connectivity index (χ3v) is 3.14. The zero-order chi connectivity index (χ0) is 7.57. The maximum absolute atomic E-state index is 3.69. The van der Waals surface area contributed by atoms with Crippen LogP contribution in [-0.2, 0) is 0 Å². The lowest BCUT2D eigenvalue weighted by Crippen LogP contribution is -2.54. The highest BCUT2D eigenvalue weighted by atomic mass is 35.5. The Morgan fingerprint density at radius 3 is 2.17 bits per heavy atom. The highest BCUT2D eigenvalue weighted by Crippen LogP contribution is 2.27. The third-order valence-electron chi connectivity index (χ3n) is 3.14. The number of piperidine rings is 2. The van der Waals surface area contributed by atoms with Crippen LogP contribution in [0.25, 0.3) is 0 Å². The highest BCUT2D eigenvalue weighted by molar-refractivity contribution is 5.85. The zero-order valence-electron chi connectivity index (χ0n) is 7.57. The van der Waals surface area contributed by atoms with E-state index in [-0.39, 0.29) is 12.4 Å². The fourth-order valence-corrected chi connectivity index (χ4v) is 2.36. The van der Waals surface area contributed by atoms with E-state index in [9.17, 15) is 0 Å². The van der Waals surface area contributed by atoms with Crippen molar-refractivity contribution in [2.24, 2.45) is 0 Å². The molecule has 12 heavy (non-hydrogen) atoms. The second-order valence-corrected chi connectivity index (χ2v) is 3.91. The molecule has 0 atom stereocenters. The van der Waals surface area contributed by atoms with Crippen LogP contribution in [0.1, 0.15) is 32.1 Å². The predicted molar refractivity (Wildman–Crippen MR) is 53.9 cm³/mol. The first-order chi connectivity index (χ1) is 5.41. The van der Waals surface area contributed by atoms with Crippen LogP contribution in [0.3, 0.4) is 0 Å². The Balaban J connectivity index is 0.000000720. The lowest BCUT2D eigenvalue weighted by atomic mass is 9.81. The first-order valence-corrected chi connectivity index (χ1v) is 4.87. The Labute approximate surface area is 80.9 Å². The summed E-state index contributed by atoms with van der Waals surface area (Å²) in [6.45, 7) is 3.68. The molecule has 0 saturated carbocycles. The molecule has 3 heteroatoms. The number of halogens is 1. The second kappa shape index (κ2) is 4.45. The molecule has 2 heterocycles. The molecule has 0 aromatic rings. The molecule has 0 aromatic carbocycles. The predicted octanol–water partition coefficient (Wildman–Crippen LogP) is 1.30. The van der Waals surface area contributed by atoms with Crippen molar-refractivity contribution < 1.29 is 0 Å². The fraction of sp³-hybridized carbons (Fsp3) is 1.00. The summed E-state index contributed by atoms with van der Waals surface area (Å²) >= 11 is 0. The zero-order valence-corrected chi connectivity index (χ0v) is 8.38. The standard InChI is InChI=1S/C9H18N2.ClH/c1-2-6-11-9(3-1)4-7-10-8-5-9;/h10-11H,1-8H2;1H. The summed E-state index contributed by atoms with van der Waals surface area (Å²) in [7, 11) is 0. The minimum atomic E-state index is 0. The number of nitrogens with one attached hydrogen (secondary N) is 2. The SMILES string of the molecule is C1CCC2(CCNCC2)NC1.Cl. The molecule has 0 aromatic heterocycles. The molecule has 2 fully saturated rings. The first-order valence-electron chi connectivity index (χ1n) is 4.87. The van der Waals surface area contributed by atoms with E-state index in [2.05, 4.69) is 10.6 Å². The molecule has 2 rings (SSSR count). The summed E-state index contributed by atoms with van der Waals surface area (Å²) in [4.78, 5) is 0. The number of hydrogen-bond donors (Lipinski definition) is 2. The molecule has 0 unspecified atom stereocenters. The van der Waals surface area contributed by atoms with Crippen LogP contribution < -0.4 is 10.6 Å². The fourth-order valence-electron chi connectivity index (χ4n) is 2.36. The topological polar surface area (TPSA) is 24.1 Å². The Kier molecular flexibility index (Phi) is 3.81. The summed E-state index contributed by atoms with van der Waals surface area (Å²) < 4.78 is 0. The van der Waals surface area contributed by atoms with Crippen LogP contribution in [0.4, 0.5) is 0 Å². The van der Waals surface area contributed by atoms with Crippen LogP contribution in [-0.4, -0.2) is 25.2 Å². The van der Waals surface area contributed by atoms with Crippen molar-refractivity contribution in [3.8, 4) is 0 Å². The van der Waals surface area contributed by atoms with Gasteiger partial charge in [0.05, 0.1) is 0 Å². The highest BCUT2D eigenvalue weighted by Gasteiger charge is 2.32. The van der Waals surface area contributed by atoms with Crippen molar-refractivity contribution in [1.82, 2.24) is 10.6 Å². The van der Waals surface area contributed by atoms with Crippen LogP contribution in [0, 0.1) is 0 Å². The van der Waals surface area contributed by atoms with E-state index in [1.165, 1.54) is 51.7 Å². The van der Waals surface area contributed by atoms with Crippen LogP contribution >= 0.6 is 12.4 Å². The Bertz CT molecular complexity index is 107. The molecule has 72 valence electrons. The lowest BCUT2D eigenvalue weighted by Gasteiger charge is -2.41. The normalized spacial score (nSPS) is 28.0. The van der Waals surface area contributed by atoms with Crippen molar-refractivity contribution >= 4 is 12.4 Å². The van der Waals surface area contributed by atoms with E-state index < -0.39 is 0 Å². The molecule has 2 aliphatic heterocycles. The molecule has 2 N–H and O–H groups in total. The summed E-state index contributed by atoms with van der Waals surface area (Å²) in [5.74, 6) is 0. The third kappa shape index (κ3) is 2.12. The molecule has 1 spiro atoms. The Hall–Kier alpha value is 0.210. The van der Waals surface area contributed by atoms with E-state index in [4.69, 9.17) is 0 Å². The summed E-state index contributed by atoms with van der Waals surface area (Å²) in [5, 5.41) is 7.11. The van der Waals surface area contributed by atoms with Gasteiger partial charge in [-0.2, -0.15) is 0 Å². The Morgan fingerprint density at radius 2 is 1.58 bits per heavy atom. The average molecular weight is 191 g/mol. The molecule has 2 nitrogen and oxygen atoms in total. The summed E-state index contributed by atoms with van der Waals surface area (Å²) in [6.07, 6.45) is 6.91. The maximum atomic E-state index is 3.69. The van der Waals surface area contributed by atoms with Gasteiger partial charge in [0.1, 0.15) is 0 Å². The van der Waals surface area contributed by atoms with Gasteiger partial charge in [-0.1, -0.05) is 6.42 Å². The van der Waals surface area contributed by atoms with Crippen molar-refractivity contribution in [2.75, 3.05) is 19.6 Å². The number of hydrogen-bond acceptors (Lipinski definition) is 2. The quantitative estimate of drug-likeness (QED) is 0.602. The van der Waals surface area contributed by atoms with E-state index in [0.717, 1.165) is 0 Å². The Morgan fingerprint density at radius 1 is 0.833 bits per heavy atom. The van der Waals surface area contributed by atoms with Crippen LogP contribution in [0.15, 0.2) is 0 Å². The van der Waals surface area contributed by atoms with Gasteiger partial charge in [0, 0.05) is 5.54 Å². The van der Waals surface area contributed by atoms with Gasteiger partial charge in [0.15, 0.2) is 0 Å². The summed E-state index contributed by atoms with van der Waals surface area (Å²) in [6, 6.07) is 0. The molecule has 0 bridgehead atoms. The maximum Gasteiger partial charge on any atom is 0.0205 e. The summed E-state index contributed by atoms with van der Waals surface area (Å²) in [5.41, 5.74) is 0.545. The van der Waals surface area contributed by atoms with E-state index in [1.807, 2.05) is 0 Å². The van der Waals surface area contributed by atoms with Crippen LogP contribution in [0.2, 0.25) is 0 Å². The molecular weight excluding hydrogens is 172 g/mol. The molecule has 2 aliphatic rings. The molecule has 0 amide bonds. The van der Waals surface area contributed by atoms with Gasteiger partial charge in [-0.05, 0) is 45.3 Å². The minimum absolute atomic E-state index is 0. The lowest BCUT2D eigenvalue weighted by molar-refractivity contribution is 0.194. The first kappa shape index (κ1) is 10.3. The largest absolute Gasteiger partial charge is 0.317 e. The van der Waals surface area contributed by atoms with Gasteiger partial charge in [-0.3, -0.25) is 0 Å². The average Bonchev–Trinajstić information content (AvgIpc) is 2.07. The molecule has 0 aliphatic carbocycles. The van der Waals surface area contributed by atoms with E-state index in [0.29, 0.717) is 5.54 Å². The monoisotopic (exact) mass is 190 g/mol. The van der Waals surface area contributed by atoms with Gasteiger partial charge in [0.25, 0.3) is 0 Å². The molecular formula is C9H19ClN2. The van der Waals surface area contributed by atoms with E-state index >= 15 is 0 Å². The van der Waals surface area contributed by atoms with Gasteiger partial charge in [0.2, 0.25) is 0 Å². The van der Waals surface area contributed by atoms with Crippen molar-refractivity contribution in [1.29, 1.82) is 0 Å². The van der Waals surface area contributed by atoms with Gasteiger partial charge in [-0.25, -0.2) is 0 Å². The second-order valence-electron chi connectivity index (χ2n) is 3.91. The number of rotatable bonds is 0. The van der Waals surface area contributed by atoms with Crippen molar-refractivity contribution in [3.05, 3.63) is 0 Å².